The highest BCUT2D eigenvalue weighted by Gasteiger charge is 2.23. The van der Waals surface area contributed by atoms with Gasteiger partial charge in [0.15, 0.2) is 5.16 Å². The lowest BCUT2D eigenvalue weighted by molar-refractivity contribution is -0.120. The first kappa shape index (κ1) is 15.8. The Morgan fingerprint density at radius 3 is 2.91 bits per heavy atom. The van der Waals surface area contributed by atoms with Crippen molar-refractivity contribution < 1.29 is 4.79 Å². The number of carbonyl (C=O) groups is 1. The molecule has 3 rings (SSSR count). The van der Waals surface area contributed by atoms with Gasteiger partial charge in [-0.05, 0) is 30.9 Å². The largest absolute Gasteiger partial charge is 0.353 e. The van der Waals surface area contributed by atoms with Crippen LogP contribution in [0.25, 0.3) is 0 Å². The number of nitrogens with one attached hydrogen (secondary N) is 2. The SMILES string of the molecule is Cc1ccccc1CSc1nc(CC(=O)NC2CC2)cc(=O)[nH]1. The third-order valence-corrected chi connectivity index (χ3v) is 4.60. The third-order valence-electron chi connectivity index (χ3n) is 3.68. The summed E-state index contributed by atoms with van der Waals surface area (Å²) in [5.41, 5.74) is 2.71. The van der Waals surface area contributed by atoms with Gasteiger partial charge in [-0.2, -0.15) is 0 Å². The lowest BCUT2D eigenvalue weighted by atomic mass is 10.1. The zero-order chi connectivity index (χ0) is 16.2. The van der Waals surface area contributed by atoms with Crippen LogP contribution in [0.2, 0.25) is 0 Å². The smallest absolute Gasteiger partial charge is 0.251 e. The van der Waals surface area contributed by atoms with Gasteiger partial charge in [0.1, 0.15) is 0 Å². The van der Waals surface area contributed by atoms with Gasteiger partial charge in [0.25, 0.3) is 5.56 Å². The molecule has 1 amide bonds. The van der Waals surface area contributed by atoms with E-state index < -0.39 is 0 Å². The molecular weight excluding hydrogens is 310 g/mol. The first-order valence-electron chi connectivity index (χ1n) is 7.67. The summed E-state index contributed by atoms with van der Waals surface area (Å²) >= 11 is 1.47. The number of rotatable bonds is 6. The van der Waals surface area contributed by atoms with Gasteiger partial charge in [0.05, 0.1) is 12.1 Å². The van der Waals surface area contributed by atoms with Gasteiger partial charge in [-0.15, -0.1) is 0 Å². The van der Waals surface area contributed by atoms with Crippen molar-refractivity contribution in [2.45, 2.75) is 43.1 Å². The van der Waals surface area contributed by atoms with Crippen LogP contribution < -0.4 is 10.9 Å². The molecule has 1 saturated carbocycles. The molecule has 23 heavy (non-hydrogen) atoms. The standard InChI is InChI=1S/C17H19N3O2S/c1-11-4-2-3-5-12(11)10-23-17-19-14(9-16(22)20-17)8-15(21)18-13-6-7-13/h2-5,9,13H,6-8,10H2,1H3,(H,18,21)(H,19,20,22). The fraction of sp³-hybridized carbons (Fsp3) is 0.353. The molecule has 1 aliphatic rings. The highest BCUT2D eigenvalue weighted by molar-refractivity contribution is 7.98. The van der Waals surface area contributed by atoms with Crippen LogP contribution in [-0.4, -0.2) is 21.9 Å². The Morgan fingerprint density at radius 2 is 2.17 bits per heavy atom. The van der Waals surface area contributed by atoms with E-state index in [1.807, 2.05) is 12.1 Å². The van der Waals surface area contributed by atoms with E-state index in [0.29, 0.717) is 16.9 Å². The van der Waals surface area contributed by atoms with Crippen molar-refractivity contribution in [1.29, 1.82) is 0 Å². The summed E-state index contributed by atoms with van der Waals surface area (Å²) in [4.78, 5) is 30.7. The molecule has 0 radical (unpaired) electrons. The van der Waals surface area contributed by atoms with Crippen LogP contribution in [0.1, 0.15) is 29.7 Å². The zero-order valence-electron chi connectivity index (χ0n) is 13.0. The Balaban J connectivity index is 1.66. The number of nitrogens with zero attached hydrogens (tertiary/aromatic N) is 1. The Hall–Kier alpha value is -2.08. The minimum absolute atomic E-state index is 0.0690. The topological polar surface area (TPSA) is 74.8 Å². The Bertz CT molecular complexity index is 768. The van der Waals surface area contributed by atoms with E-state index in [9.17, 15) is 9.59 Å². The molecule has 6 heteroatoms. The molecule has 0 aliphatic heterocycles. The number of benzene rings is 1. The second kappa shape index (κ2) is 7.00. The maximum atomic E-state index is 11.8. The van der Waals surface area contributed by atoms with Crippen molar-refractivity contribution >= 4 is 17.7 Å². The maximum Gasteiger partial charge on any atom is 0.251 e. The molecule has 1 aliphatic carbocycles. The quantitative estimate of drug-likeness (QED) is 0.629. The van der Waals surface area contributed by atoms with Gasteiger partial charge >= 0.3 is 0 Å². The van der Waals surface area contributed by atoms with E-state index in [4.69, 9.17) is 0 Å². The Labute approximate surface area is 138 Å². The molecule has 1 fully saturated rings. The number of hydrogen-bond acceptors (Lipinski definition) is 4. The van der Waals surface area contributed by atoms with E-state index in [-0.39, 0.29) is 17.9 Å². The molecule has 0 spiro atoms. The highest BCUT2D eigenvalue weighted by Crippen LogP contribution is 2.21. The number of aryl methyl sites for hydroxylation is 1. The third kappa shape index (κ3) is 4.69. The van der Waals surface area contributed by atoms with Crippen LogP contribution in [0.5, 0.6) is 0 Å². The second-order valence-electron chi connectivity index (χ2n) is 5.78. The Morgan fingerprint density at radius 1 is 1.39 bits per heavy atom. The van der Waals surface area contributed by atoms with E-state index in [2.05, 4.69) is 34.3 Å². The molecule has 1 heterocycles. The fourth-order valence-corrected chi connectivity index (χ4v) is 3.20. The van der Waals surface area contributed by atoms with Gasteiger partial charge in [-0.1, -0.05) is 36.0 Å². The minimum Gasteiger partial charge on any atom is -0.353 e. The molecule has 0 atom stereocenters. The number of aromatic amines is 1. The number of carbonyl (C=O) groups excluding carboxylic acids is 1. The summed E-state index contributed by atoms with van der Waals surface area (Å²) in [6.45, 7) is 2.06. The highest BCUT2D eigenvalue weighted by atomic mass is 32.2. The molecule has 1 aromatic carbocycles. The lowest BCUT2D eigenvalue weighted by Gasteiger charge is -2.06. The predicted octanol–water partition coefficient (Wildman–Crippen LogP) is 2.19. The van der Waals surface area contributed by atoms with Crippen LogP contribution in [0.3, 0.4) is 0 Å². The van der Waals surface area contributed by atoms with Gasteiger partial charge in [0, 0.05) is 17.9 Å². The van der Waals surface area contributed by atoms with Crippen LogP contribution in [0, 0.1) is 6.92 Å². The van der Waals surface area contributed by atoms with Gasteiger partial charge < -0.3 is 10.3 Å². The number of amides is 1. The van der Waals surface area contributed by atoms with Crippen molar-refractivity contribution in [2.75, 3.05) is 0 Å². The number of aromatic nitrogens is 2. The molecule has 2 N–H and O–H groups in total. The summed E-state index contributed by atoms with van der Waals surface area (Å²) in [7, 11) is 0. The second-order valence-corrected chi connectivity index (χ2v) is 6.74. The van der Waals surface area contributed by atoms with Gasteiger partial charge in [0.2, 0.25) is 5.91 Å². The molecule has 120 valence electrons. The van der Waals surface area contributed by atoms with Crippen LogP contribution in [0.4, 0.5) is 0 Å². The van der Waals surface area contributed by atoms with E-state index in [0.717, 1.165) is 18.6 Å². The molecule has 0 unspecified atom stereocenters. The first-order chi connectivity index (χ1) is 11.1. The fourth-order valence-electron chi connectivity index (χ4n) is 2.23. The molecule has 5 nitrogen and oxygen atoms in total. The molecule has 2 aromatic rings. The zero-order valence-corrected chi connectivity index (χ0v) is 13.8. The van der Waals surface area contributed by atoms with Crippen molar-refractivity contribution in [3.05, 3.63) is 57.5 Å². The summed E-state index contributed by atoms with van der Waals surface area (Å²) in [6, 6.07) is 9.84. The van der Waals surface area contributed by atoms with Crippen LogP contribution in [-0.2, 0) is 17.0 Å². The summed E-state index contributed by atoms with van der Waals surface area (Å²) in [5, 5.41) is 3.46. The summed E-state index contributed by atoms with van der Waals surface area (Å²) in [6.07, 6.45) is 2.25. The van der Waals surface area contributed by atoms with E-state index in [1.165, 1.54) is 29.0 Å². The first-order valence-corrected chi connectivity index (χ1v) is 8.65. The molecular formula is C17H19N3O2S. The minimum atomic E-state index is -0.221. The average molecular weight is 329 g/mol. The molecule has 0 saturated heterocycles. The van der Waals surface area contributed by atoms with Crippen molar-refractivity contribution in [2.24, 2.45) is 0 Å². The van der Waals surface area contributed by atoms with Crippen molar-refractivity contribution in [3.63, 3.8) is 0 Å². The van der Waals surface area contributed by atoms with Crippen LogP contribution in [0.15, 0.2) is 40.3 Å². The molecule has 1 aromatic heterocycles. The average Bonchev–Trinajstić information content (AvgIpc) is 3.29. The predicted molar refractivity (Wildman–Crippen MR) is 90.5 cm³/mol. The number of thioether (sulfide) groups is 1. The Kier molecular flexibility index (Phi) is 4.81. The van der Waals surface area contributed by atoms with Gasteiger partial charge in [-0.25, -0.2) is 4.98 Å². The monoisotopic (exact) mass is 329 g/mol. The van der Waals surface area contributed by atoms with Crippen molar-refractivity contribution in [3.8, 4) is 0 Å². The summed E-state index contributed by atoms with van der Waals surface area (Å²) < 4.78 is 0. The lowest BCUT2D eigenvalue weighted by Crippen LogP contribution is -2.28. The maximum absolute atomic E-state index is 11.8. The van der Waals surface area contributed by atoms with Crippen molar-refractivity contribution in [1.82, 2.24) is 15.3 Å². The number of hydrogen-bond donors (Lipinski definition) is 2. The van der Waals surface area contributed by atoms with E-state index in [1.54, 1.807) is 0 Å². The normalized spacial score (nSPS) is 13.8. The van der Waals surface area contributed by atoms with Crippen LogP contribution >= 0.6 is 11.8 Å². The van der Waals surface area contributed by atoms with Gasteiger partial charge in [-0.3, -0.25) is 9.59 Å². The van der Waals surface area contributed by atoms with E-state index >= 15 is 0 Å². The number of H-pyrrole nitrogens is 1. The summed E-state index contributed by atoms with van der Waals surface area (Å²) in [5.74, 6) is 0.660. The molecule has 0 bridgehead atoms.